The molecule has 1 N–H and O–H groups in total. The third kappa shape index (κ3) is 3.57. The topological polar surface area (TPSA) is 64.0 Å². The van der Waals surface area contributed by atoms with Gasteiger partial charge in [-0.1, -0.05) is 17.7 Å². The second kappa shape index (κ2) is 6.62. The highest BCUT2D eigenvalue weighted by Crippen LogP contribution is 2.16. The Kier molecular flexibility index (Phi) is 4.39. The van der Waals surface area contributed by atoms with Gasteiger partial charge in [-0.15, -0.1) is 0 Å². The first-order valence-electron chi connectivity index (χ1n) is 7.08. The van der Waals surface area contributed by atoms with Crippen LogP contribution in [0.5, 0.6) is 0 Å². The van der Waals surface area contributed by atoms with Crippen LogP contribution in [0.15, 0.2) is 59.8 Å². The number of benzene rings is 1. The Bertz CT molecular complexity index is 907. The van der Waals surface area contributed by atoms with Crippen LogP contribution in [-0.2, 0) is 17.9 Å². The molecule has 0 aliphatic heterocycles. The van der Waals surface area contributed by atoms with Crippen LogP contribution in [0.25, 0.3) is 10.9 Å². The van der Waals surface area contributed by atoms with E-state index < -0.39 is 0 Å². The smallest absolute Gasteiger partial charge is 0.240 e. The zero-order valence-corrected chi connectivity index (χ0v) is 13.0. The average Bonchev–Trinajstić information content (AvgIpc) is 2.56. The lowest BCUT2D eigenvalue weighted by molar-refractivity contribution is -0.121. The van der Waals surface area contributed by atoms with Crippen molar-refractivity contribution in [2.75, 3.05) is 0 Å². The maximum atomic E-state index is 12.1. The van der Waals surface area contributed by atoms with Gasteiger partial charge in [0.15, 0.2) is 5.43 Å². The molecule has 3 aromatic rings. The molecule has 0 aliphatic rings. The maximum absolute atomic E-state index is 12.1. The molecular formula is C17H14ClN3O2. The van der Waals surface area contributed by atoms with E-state index in [0.29, 0.717) is 22.5 Å². The van der Waals surface area contributed by atoms with Gasteiger partial charge in [0.05, 0.1) is 5.52 Å². The molecule has 0 saturated carbocycles. The molecule has 5 nitrogen and oxygen atoms in total. The van der Waals surface area contributed by atoms with Crippen LogP contribution in [0.4, 0.5) is 0 Å². The maximum Gasteiger partial charge on any atom is 0.240 e. The van der Waals surface area contributed by atoms with Crippen LogP contribution in [0.3, 0.4) is 0 Å². The highest BCUT2D eigenvalue weighted by Gasteiger charge is 2.07. The number of nitrogens with one attached hydrogen (secondary N) is 1. The van der Waals surface area contributed by atoms with Gasteiger partial charge >= 0.3 is 0 Å². The minimum absolute atomic E-state index is 0.0938. The highest BCUT2D eigenvalue weighted by atomic mass is 35.5. The zero-order chi connectivity index (χ0) is 16.2. The van der Waals surface area contributed by atoms with E-state index in [0.717, 1.165) is 5.56 Å². The summed E-state index contributed by atoms with van der Waals surface area (Å²) < 4.78 is 1.71. The molecule has 0 atom stereocenters. The number of rotatable bonds is 4. The first-order valence-corrected chi connectivity index (χ1v) is 7.45. The Hall–Kier alpha value is -2.66. The van der Waals surface area contributed by atoms with Crippen LogP contribution in [0.1, 0.15) is 5.56 Å². The number of hydrogen-bond donors (Lipinski definition) is 1. The Labute approximate surface area is 137 Å². The normalized spacial score (nSPS) is 10.7. The van der Waals surface area contributed by atoms with Crippen LogP contribution < -0.4 is 10.7 Å². The Morgan fingerprint density at radius 1 is 1.26 bits per heavy atom. The van der Waals surface area contributed by atoms with Crippen molar-refractivity contribution in [3.8, 4) is 0 Å². The van der Waals surface area contributed by atoms with Gasteiger partial charge in [0.25, 0.3) is 0 Å². The predicted octanol–water partition coefficient (Wildman–Crippen LogP) is 2.37. The Morgan fingerprint density at radius 3 is 2.91 bits per heavy atom. The standard InChI is InChI=1S/C17H14ClN3O2/c18-13-3-4-14-15(8-13)21(7-5-16(14)22)11-17(23)20-10-12-2-1-6-19-9-12/h1-9H,10-11H2,(H,20,23). The molecule has 2 aromatic heterocycles. The summed E-state index contributed by atoms with van der Waals surface area (Å²) in [5, 5.41) is 3.89. The quantitative estimate of drug-likeness (QED) is 0.800. The summed E-state index contributed by atoms with van der Waals surface area (Å²) in [5.74, 6) is -0.154. The molecule has 2 heterocycles. The zero-order valence-electron chi connectivity index (χ0n) is 12.2. The van der Waals surface area contributed by atoms with Gasteiger partial charge in [-0.3, -0.25) is 14.6 Å². The first kappa shape index (κ1) is 15.2. The molecule has 1 aromatic carbocycles. The Morgan fingerprint density at radius 2 is 2.13 bits per heavy atom. The van der Waals surface area contributed by atoms with Crippen molar-refractivity contribution in [2.45, 2.75) is 13.1 Å². The van der Waals surface area contributed by atoms with Gasteiger partial charge in [0, 0.05) is 41.6 Å². The van der Waals surface area contributed by atoms with Crippen LogP contribution in [0.2, 0.25) is 5.02 Å². The Balaban J connectivity index is 1.78. The highest BCUT2D eigenvalue weighted by molar-refractivity contribution is 6.31. The molecule has 1 amide bonds. The summed E-state index contributed by atoms with van der Waals surface area (Å²) in [6.07, 6.45) is 4.99. The van der Waals surface area contributed by atoms with Gasteiger partial charge in [0.2, 0.25) is 5.91 Å². The molecule has 116 valence electrons. The monoisotopic (exact) mass is 327 g/mol. The molecule has 6 heteroatoms. The van der Waals surface area contributed by atoms with Gasteiger partial charge in [-0.05, 0) is 29.8 Å². The summed E-state index contributed by atoms with van der Waals surface area (Å²) in [7, 11) is 0. The number of hydrogen-bond acceptors (Lipinski definition) is 3. The molecule has 23 heavy (non-hydrogen) atoms. The molecular weight excluding hydrogens is 314 g/mol. The van der Waals surface area contributed by atoms with Crippen molar-refractivity contribution in [1.29, 1.82) is 0 Å². The number of pyridine rings is 2. The number of carbonyl (C=O) groups is 1. The van der Waals surface area contributed by atoms with E-state index >= 15 is 0 Å². The van der Waals surface area contributed by atoms with Crippen molar-refractivity contribution in [2.24, 2.45) is 0 Å². The number of fused-ring (bicyclic) bond motifs is 1. The average molecular weight is 328 g/mol. The van der Waals surface area contributed by atoms with Crippen molar-refractivity contribution in [3.63, 3.8) is 0 Å². The number of carbonyl (C=O) groups excluding carboxylic acids is 1. The van der Waals surface area contributed by atoms with Crippen LogP contribution >= 0.6 is 11.6 Å². The van der Waals surface area contributed by atoms with Gasteiger partial charge in [-0.25, -0.2) is 0 Å². The summed E-state index contributed by atoms with van der Waals surface area (Å²) in [6, 6.07) is 10.2. The summed E-state index contributed by atoms with van der Waals surface area (Å²) >= 11 is 6.00. The third-order valence-electron chi connectivity index (χ3n) is 3.47. The molecule has 0 aliphatic carbocycles. The second-order valence-corrected chi connectivity index (χ2v) is 5.54. The SMILES string of the molecule is O=C(Cn1ccc(=O)c2ccc(Cl)cc21)NCc1cccnc1. The first-order chi connectivity index (χ1) is 11.1. The summed E-state index contributed by atoms with van der Waals surface area (Å²) in [4.78, 5) is 28.0. The van der Waals surface area contributed by atoms with Gasteiger partial charge in [-0.2, -0.15) is 0 Å². The van der Waals surface area contributed by atoms with Crippen molar-refractivity contribution >= 4 is 28.4 Å². The largest absolute Gasteiger partial charge is 0.350 e. The third-order valence-corrected chi connectivity index (χ3v) is 3.70. The number of nitrogens with zero attached hydrogens (tertiary/aromatic N) is 2. The van der Waals surface area contributed by atoms with E-state index in [1.165, 1.54) is 6.07 Å². The molecule has 0 bridgehead atoms. The van der Waals surface area contributed by atoms with E-state index in [-0.39, 0.29) is 17.9 Å². The summed E-state index contributed by atoms with van der Waals surface area (Å²) in [6.45, 7) is 0.517. The predicted molar refractivity (Wildman–Crippen MR) is 89.3 cm³/mol. The molecule has 0 spiro atoms. The second-order valence-electron chi connectivity index (χ2n) is 5.11. The van der Waals surface area contributed by atoms with Crippen LogP contribution in [0, 0.1) is 0 Å². The molecule has 0 unspecified atom stereocenters. The van der Waals surface area contributed by atoms with Crippen LogP contribution in [-0.4, -0.2) is 15.5 Å². The molecule has 3 rings (SSSR count). The number of halogens is 1. The van der Waals surface area contributed by atoms with E-state index in [1.807, 2.05) is 12.1 Å². The van der Waals surface area contributed by atoms with Crippen molar-refractivity contribution in [1.82, 2.24) is 14.9 Å². The lowest BCUT2D eigenvalue weighted by Gasteiger charge is -2.11. The van der Waals surface area contributed by atoms with E-state index in [4.69, 9.17) is 11.6 Å². The summed E-state index contributed by atoms with van der Waals surface area (Å²) in [5.41, 5.74) is 1.47. The molecule has 0 radical (unpaired) electrons. The van der Waals surface area contributed by atoms with Gasteiger partial charge < -0.3 is 9.88 Å². The van der Waals surface area contributed by atoms with E-state index in [2.05, 4.69) is 10.3 Å². The van der Waals surface area contributed by atoms with Gasteiger partial charge in [0.1, 0.15) is 6.54 Å². The molecule has 0 fully saturated rings. The lowest BCUT2D eigenvalue weighted by atomic mass is 10.2. The minimum Gasteiger partial charge on any atom is -0.350 e. The fourth-order valence-electron chi connectivity index (χ4n) is 2.33. The van der Waals surface area contributed by atoms with Crippen molar-refractivity contribution in [3.05, 3.63) is 75.8 Å². The number of aromatic nitrogens is 2. The minimum atomic E-state index is -0.154. The fourth-order valence-corrected chi connectivity index (χ4v) is 2.50. The van der Waals surface area contributed by atoms with Crippen molar-refractivity contribution < 1.29 is 4.79 Å². The fraction of sp³-hybridized carbons (Fsp3) is 0.118. The number of amides is 1. The van der Waals surface area contributed by atoms with E-state index in [1.54, 1.807) is 41.4 Å². The lowest BCUT2D eigenvalue weighted by Crippen LogP contribution is -2.27. The van der Waals surface area contributed by atoms with E-state index in [9.17, 15) is 9.59 Å². The molecule has 0 saturated heterocycles.